The first-order valence-corrected chi connectivity index (χ1v) is 8.77. The molecule has 1 amide bonds. The van der Waals surface area contributed by atoms with Crippen molar-refractivity contribution >= 4 is 17.4 Å². The van der Waals surface area contributed by atoms with E-state index in [1.807, 2.05) is 4.90 Å². The summed E-state index contributed by atoms with van der Waals surface area (Å²) >= 11 is 0. The van der Waals surface area contributed by atoms with E-state index in [1.165, 1.54) is 6.20 Å². The first kappa shape index (κ1) is 16.6. The SMILES string of the molecule is O=C(c1cnccn1)N1CCN(c2cnnc(N3CCOCC3)c2)CC1. The zero-order valence-corrected chi connectivity index (χ0v) is 14.5. The lowest BCUT2D eigenvalue weighted by Gasteiger charge is -2.36. The summed E-state index contributed by atoms with van der Waals surface area (Å²) in [6.07, 6.45) is 6.40. The Morgan fingerprint density at radius 1 is 0.962 bits per heavy atom. The quantitative estimate of drug-likeness (QED) is 0.764. The average Bonchev–Trinajstić information content (AvgIpc) is 2.75. The van der Waals surface area contributed by atoms with Gasteiger partial charge < -0.3 is 19.4 Å². The second-order valence-electron chi connectivity index (χ2n) is 6.24. The van der Waals surface area contributed by atoms with E-state index in [1.54, 1.807) is 18.6 Å². The summed E-state index contributed by atoms with van der Waals surface area (Å²) in [5, 5.41) is 8.42. The Balaban J connectivity index is 1.39. The molecule has 9 nitrogen and oxygen atoms in total. The van der Waals surface area contributed by atoms with Gasteiger partial charge in [0.25, 0.3) is 5.91 Å². The van der Waals surface area contributed by atoms with Gasteiger partial charge in [-0.3, -0.25) is 9.78 Å². The topological polar surface area (TPSA) is 87.6 Å². The minimum absolute atomic E-state index is 0.0698. The van der Waals surface area contributed by atoms with Crippen molar-refractivity contribution < 1.29 is 9.53 Å². The summed E-state index contributed by atoms with van der Waals surface area (Å²) in [5.41, 5.74) is 1.43. The summed E-state index contributed by atoms with van der Waals surface area (Å²) in [7, 11) is 0. The molecule has 136 valence electrons. The van der Waals surface area contributed by atoms with E-state index < -0.39 is 0 Å². The number of hydrogen-bond acceptors (Lipinski definition) is 8. The zero-order chi connectivity index (χ0) is 17.8. The van der Waals surface area contributed by atoms with Gasteiger partial charge in [0.05, 0.1) is 31.3 Å². The second-order valence-corrected chi connectivity index (χ2v) is 6.24. The Bertz CT molecular complexity index is 744. The molecular formula is C17H21N7O2. The fourth-order valence-electron chi connectivity index (χ4n) is 3.20. The van der Waals surface area contributed by atoms with Crippen molar-refractivity contribution in [1.82, 2.24) is 25.1 Å². The molecule has 26 heavy (non-hydrogen) atoms. The standard InChI is InChI=1S/C17H21N7O2/c25-17(15-13-18-1-2-19-15)24-5-3-22(4-6-24)14-11-16(21-20-12-14)23-7-9-26-10-8-23/h1-2,11-13H,3-10H2. The van der Waals surface area contributed by atoms with Crippen LogP contribution < -0.4 is 9.80 Å². The normalized spacial score (nSPS) is 18.1. The van der Waals surface area contributed by atoms with Crippen LogP contribution in [0.25, 0.3) is 0 Å². The van der Waals surface area contributed by atoms with Crippen LogP contribution in [0.3, 0.4) is 0 Å². The van der Waals surface area contributed by atoms with Crippen LogP contribution >= 0.6 is 0 Å². The van der Waals surface area contributed by atoms with Crippen molar-refractivity contribution in [3.63, 3.8) is 0 Å². The lowest BCUT2D eigenvalue weighted by Crippen LogP contribution is -2.49. The average molecular weight is 355 g/mol. The fourth-order valence-corrected chi connectivity index (χ4v) is 3.20. The third-order valence-electron chi connectivity index (χ3n) is 4.68. The smallest absolute Gasteiger partial charge is 0.274 e. The van der Waals surface area contributed by atoms with Gasteiger partial charge in [-0.15, -0.1) is 5.10 Å². The maximum absolute atomic E-state index is 12.5. The van der Waals surface area contributed by atoms with E-state index >= 15 is 0 Å². The molecule has 2 aromatic heterocycles. The number of aromatic nitrogens is 4. The summed E-state index contributed by atoms with van der Waals surface area (Å²) in [6.45, 7) is 5.89. The van der Waals surface area contributed by atoms with Crippen molar-refractivity contribution in [1.29, 1.82) is 0 Å². The van der Waals surface area contributed by atoms with Gasteiger partial charge in [-0.1, -0.05) is 0 Å². The molecule has 0 unspecified atom stereocenters. The van der Waals surface area contributed by atoms with Gasteiger partial charge in [-0.2, -0.15) is 5.10 Å². The van der Waals surface area contributed by atoms with Crippen molar-refractivity contribution in [3.8, 4) is 0 Å². The molecule has 0 radical (unpaired) electrons. The molecule has 0 aliphatic carbocycles. The number of amides is 1. The number of carbonyl (C=O) groups excluding carboxylic acids is 1. The van der Waals surface area contributed by atoms with Crippen molar-refractivity contribution in [3.05, 3.63) is 36.5 Å². The maximum atomic E-state index is 12.5. The molecule has 2 saturated heterocycles. The molecule has 0 atom stereocenters. The van der Waals surface area contributed by atoms with Gasteiger partial charge in [-0.05, 0) is 0 Å². The molecule has 0 saturated carbocycles. The van der Waals surface area contributed by atoms with Gasteiger partial charge in [-0.25, -0.2) is 4.98 Å². The number of morpholine rings is 1. The Morgan fingerprint density at radius 2 is 1.77 bits per heavy atom. The van der Waals surface area contributed by atoms with Crippen molar-refractivity contribution in [2.75, 3.05) is 62.3 Å². The van der Waals surface area contributed by atoms with Gasteiger partial charge in [0.1, 0.15) is 5.69 Å². The molecule has 2 aliphatic heterocycles. The van der Waals surface area contributed by atoms with Crippen LogP contribution in [0.2, 0.25) is 0 Å². The van der Waals surface area contributed by atoms with Gasteiger partial charge in [0.2, 0.25) is 0 Å². The maximum Gasteiger partial charge on any atom is 0.274 e. The molecule has 2 fully saturated rings. The third kappa shape index (κ3) is 3.57. The monoisotopic (exact) mass is 355 g/mol. The first-order valence-electron chi connectivity index (χ1n) is 8.77. The number of rotatable bonds is 3. The van der Waals surface area contributed by atoms with E-state index in [-0.39, 0.29) is 5.91 Å². The Labute approximate surface area is 151 Å². The molecule has 4 heterocycles. The predicted molar refractivity (Wildman–Crippen MR) is 95.2 cm³/mol. The third-order valence-corrected chi connectivity index (χ3v) is 4.68. The van der Waals surface area contributed by atoms with E-state index in [2.05, 4.69) is 36.0 Å². The number of piperazine rings is 1. The second kappa shape index (κ2) is 7.61. The van der Waals surface area contributed by atoms with Crippen molar-refractivity contribution in [2.45, 2.75) is 0 Å². The number of ether oxygens (including phenoxy) is 1. The van der Waals surface area contributed by atoms with Gasteiger partial charge >= 0.3 is 0 Å². The minimum atomic E-state index is -0.0698. The van der Waals surface area contributed by atoms with Gasteiger partial charge in [0, 0.05) is 57.7 Å². The Morgan fingerprint density at radius 3 is 2.50 bits per heavy atom. The van der Waals surface area contributed by atoms with Gasteiger partial charge in [0.15, 0.2) is 5.82 Å². The Hall–Kier alpha value is -2.81. The number of anilines is 2. The van der Waals surface area contributed by atoms with Crippen LogP contribution in [0.5, 0.6) is 0 Å². The molecule has 4 rings (SSSR count). The molecule has 0 N–H and O–H groups in total. The summed E-state index contributed by atoms with van der Waals surface area (Å²) < 4.78 is 5.39. The van der Waals surface area contributed by atoms with Crippen LogP contribution in [0, 0.1) is 0 Å². The highest BCUT2D eigenvalue weighted by atomic mass is 16.5. The van der Waals surface area contributed by atoms with Crippen LogP contribution in [0.4, 0.5) is 11.5 Å². The molecule has 0 bridgehead atoms. The molecule has 2 aliphatic rings. The highest BCUT2D eigenvalue weighted by Crippen LogP contribution is 2.21. The minimum Gasteiger partial charge on any atom is -0.378 e. The van der Waals surface area contributed by atoms with E-state index in [0.29, 0.717) is 18.8 Å². The fraction of sp³-hybridized carbons (Fsp3) is 0.471. The Kier molecular flexibility index (Phi) is 4.87. The lowest BCUT2D eigenvalue weighted by molar-refractivity contribution is 0.0740. The van der Waals surface area contributed by atoms with E-state index in [0.717, 1.165) is 50.9 Å². The molecule has 0 aromatic carbocycles. The van der Waals surface area contributed by atoms with Crippen LogP contribution in [0.1, 0.15) is 10.5 Å². The molecule has 9 heteroatoms. The number of nitrogens with zero attached hydrogens (tertiary/aromatic N) is 7. The summed E-state index contributed by atoms with van der Waals surface area (Å²) in [5.74, 6) is 0.809. The largest absolute Gasteiger partial charge is 0.378 e. The van der Waals surface area contributed by atoms with E-state index in [9.17, 15) is 4.79 Å². The zero-order valence-electron chi connectivity index (χ0n) is 14.5. The van der Waals surface area contributed by atoms with Crippen LogP contribution in [-0.2, 0) is 4.74 Å². The number of carbonyl (C=O) groups is 1. The lowest BCUT2D eigenvalue weighted by atomic mass is 10.2. The van der Waals surface area contributed by atoms with E-state index in [4.69, 9.17) is 4.74 Å². The molecule has 0 spiro atoms. The highest BCUT2D eigenvalue weighted by molar-refractivity contribution is 5.92. The molecule has 2 aromatic rings. The summed E-state index contributed by atoms with van der Waals surface area (Å²) in [4.78, 5) is 26.8. The first-order chi connectivity index (χ1) is 12.8. The van der Waals surface area contributed by atoms with Crippen LogP contribution in [0.15, 0.2) is 30.9 Å². The number of hydrogen-bond donors (Lipinski definition) is 0. The van der Waals surface area contributed by atoms with Crippen LogP contribution in [-0.4, -0.2) is 83.5 Å². The highest BCUT2D eigenvalue weighted by Gasteiger charge is 2.24. The van der Waals surface area contributed by atoms with Crippen molar-refractivity contribution in [2.24, 2.45) is 0 Å². The predicted octanol–water partition coefficient (Wildman–Crippen LogP) is 0.0656. The summed E-state index contributed by atoms with van der Waals surface area (Å²) in [6, 6.07) is 2.07. The molecular weight excluding hydrogens is 334 g/mol.